The average molecular weight is 625 g/mol. The normalized spacial score (nSPS) is 14.4. The lowest BCUT2D eigenvalue weighted by molar-refractivity contribution is 0.167. The summed E-state index contributed by atoms with van der Waals surface area (Å²) in [5.41, 5.74) is 2.32. The lowest BCUT2D eigenvalue weighted by Crippen LogP contribution is -2.62. The smallest absolute Gasteiger partial charge is 0.493 e. The van der Waals surface area contributed by atoms with Crippen LogP contribution in [0.15, 0.2) is 62.0 Å². The minimum atomic E-state index is -3.55. The predicted molar refractivity (Wildman–Crippen MR) is 175 cm³/mol. The molecule has 0 N–H and O–H groups in total. The summed E-state index contributed by atoms with van der Waals surface area (Å²) in [6.45, 7) is 7.10. The Kier molecular flexibility index (Phi) is 10.7. The van der Waals surface area contributed by atoms with E-state index in [1.54, 1.807) is 37.7 Å². The first-order chi connectivity index (χ1) is 20.5. The fraction of sp³-hybridized carbons (Fsp3) is 0.471. The number of unbranched alkanes of at least 4 members (excludes halogenated alkanes) is 9. The fourth-order valence-electron chi connectivity index (χ4n) is 5.57. The molecule has 0 unspecified atom stereocenters. The molecule has 0 saturated carbocycles. The van der Waals surface area contributed by atoms with Gasteiger partial charge in [-0.25, -0.2) is 0 Å². The molecule has 0 aromatic heterocycles. The van der Waals surface area contributed by atoms with Crippen molar-refractivity contribution in [2.24, 2.45) is 0 Å². The Morgan fingerprint density at radius 2 is 1.12 bits per heavy atom. The van der Waals surface area contributed by atoms with E-state index < -0.39 is 8.80 Å². The third-order valence-corrected chi connectivity index (χ3v) is 13.4. The number of benzene rings is 3. The van der Waals surface area contributed by atoms with Crippen LogP contribution in [0.4, 0.5) is 0 Å². The van der Waals surface area contributed by atoms with Gasteiger partial charge in [0, 0.05) is 21.6 Å². The van der Waals surface area contributed by atoms with Gasteiger partial charge in [-0.2, -0.15) is 0 Å². The van der Waals surface area contributed by atoms with E-state index in [-0.39, 0.29) is 0 Å². The highest BCUT2D eigenvalue weighted by Gasteiger charge is 2.53. The molecule has 3 aromatic rings. The molecule has 0 saturated heterocycles. The molecule has 2 heterocycles. The Morgan fingerprint density at radius 1 is 0.643 bits per heavy atom. The molecule has 0 spiro atoms. The van der Waals surface area contributed by atoms with Gasteiger partial charge in [0.15, 0.2) is 23.0 Å². The highest BCUT2D eigenvalue weighted by atomic mass is 32.2. The van der Waals surface area contributed by atoms with Crippen LogP contribution >= 0.6 is 23.5 Å². The molecule has 5 nitrogen and oxygen atoms in total. The zero-order valence-corrected chi connectivity index (χ0v) is 28.3. The van der Waals surface area contributed by atoms with E-state index in [9.17, 15) is 0 Å². The first-order valence-corrected chi connectivity index (χ1v) is 18.7. The van der Waals surface area contributed by atoms with Crippen molar-refractivity contribution in [2.45, 2.75) is 105 Å². The molecule has 2 aliphatic rings. The largest absolute Gasteiger partial charge is 0.669 e. The molecular weight excluding hydrogens is 581 g/mol. The molecule has 3 aromatic carbocycles. The summed E-state index contributed by atoms with van der Waals surface area (Å²) in [6, 6.07) is 14.3. The standard InChI is InChI=1S/C34H44O5S2Si/c1-6-7-8-9-10-11-12-13-14-18-21-37-42(26-19-16-15-17-20-26)38-29-27(35-4)22-24(2)31-33(29)41-34-30(39-42)28(36-5)23-25(3)32(34)40-31/h15-17,19-20,22-23H,6-14,18,21H2,1-5H3. The van der Waals surface area contributed by atoms with Gasteiger partial charge in [-0.1, -0.05) is 119 Å². The number of ether oxygens (including phenoxy) is 2. The van der Waals surface area contributed by atoms with E-state index >= 15 is 0 Å². The molecule has 0 aliphatic carbocycles. The van der Waals surface area contributed by atoms with Gasteiger partial charge in [0.1, 0.15) is 0 Å². The maximum absolute atomic E-state index is 7.06. The van der Waals surface area contributed by atoms with Gasteiger partial charge in [0.05, 0.1) is 24.0 Å². The molecule has 2 aliphatic heterocycles. The molecule has 42 heavy (non-hydrogen) atoms. The molecule has 0 fully saturated rings. The van der Waals surface area contributed by atoms with E-state index in [2.05, 4.69) is 45.0 Å². The molecule has 226 valence electrons. The van der Waals surface area contributed by atoms with E-state index in [1.165, 1.54) is 61.2 Å². The summed E-state index contributed by atoms with van der Waals surface area (Å²) >= 11 is 3.44. The number of aryl methyl sites for hydroxylation is 2. The summed E-state index contributed by atoms with van der Waals surface area (Å²) in [4.78, 5) is 4.49. The Labute approximate surface area is 261 Å². The maximum Gasteiger partial charge on any atom is 0.669 e. The second-order valence-corrected chi connectivity index (χ2v) is 15.6. The third-order valence-electron chi connectivity index (χ3n) is 7.92. The number of methoxy groups -OCH3 is 2. The van der Waals surface area contributed by atoms with Crippen LogP contribution in [0.5, 0.6) is 23.0 Å². The van der Waals surface area contributed by atoms with E-state index in [1.807, 2.05) is 18.2 Å². The van der Waals surface area contributed by atoms with Crippen LogP contribution in [-0.4, -0.2) is 29.6 Å². The molecule has 8 heteroatoms. The quantitative estimate of drug-likeness (QED) is 0.0964. The van der Waals surface area contributed by atoms with Crippen LogP contribution in [0.1, 0.15) is 82.3 Å². The zero-order valence-electron chi connectivity index (χ0n) is 25.7. The van der Waals surface area contributed by atoms with E-state index in [0.717, 1.165) is 38.9 Å². The van der Waals surface area contributed by atoms with Gasteiger partial charge < -0.3 is 22.8 Å². The fourth-order valence-corrected chi connectivity index (χ4v) is 10.9. The van der Waals surface area contributed by atoms with Gasteiger partial charge >= 0.3 is 8.80 Å². The monoisotopic (exact) mass is 624 g/mol. The number of hydrogen-bond donors (Lipinski definition) is 0. The molecule has 0 atom stereocenters. The first-order valence-electron chi connectivity index (χ1n) is 15.4. The molecule has 5 rings (SSSR count). The van der Waals surface area contributed by atoms with Crippen LogP contribution in [0.3, 0.4) is 0 Å². The van der Waals surface area contributed by atoms with Gasteiger partial charge in [-0.15, -0.1) is 0 Å². The number of rotatable bonds is 15. The second-order valence-electron chi connectivity index (χ2n) is 11.1. The van der Waals surface area contributed by atoms with Crippen LogP contribution in [0.25, 0.3) is 0 Å². The van der Waals surface area contributed by atoms with Crippen LogP contribution in [0, 0.1) is 13.8 Å². The highest BCUT2D eigenvalue weighted by molar-refractivity contribution is 8.05. The Balaban J connectivity index is 1.45. The van der Waals surface area contributed by atoms with E-state index in [4.69, 9.17) is 22.8 Å². The van der Waals surface area contributed by atoms with Crippen molar-refractivity contribution in [1.82, 2.24) is 0 Å². The van der Waals surface area contributed by atoms with Gasteiger partial charge in [0.25, 0.3) is 0 Å². The minimum Gasteiger partial charge on any atom is -0.493 e. The summed E-state index contributed by atoms with van der Waals surface area (Å²) in [5.74, 6) is 2.80. The number of hydrogen-bond acceptors (Lipinski definition) is 7. The second kappa shape index (κ2) is 14.5. The lowest BCUT2D eigenvalue weighted by Gasteiger charge is -2.37. The van der Waals surface area contributed by atoms with Crippen molar-refractivity contribution in [2.75, 3.05) is 20.8 Å². The van der Waals surface area contributed by atoms with Gasteiger partial charge in [-0.05, 0) is 43.5 Å². The maximum atomic E-state index is 7.06. The molecule has 2 bridgehead atoms. The zero-order chi connectivity index (χ0) is 29.5. The molecular formula is C34H44O5S2Si. The van der Waals surface area contributed by atoms with Gasteiger partial charge in [0.2, 0.25) is 0 Å². The van der Waals surface area contributed by atoms with Crippen LogP contribution in [0.2, 0.25) is 0 Å². The topological polar surface area (TPSA) is 46.2 Å². The lowest BCUT2D eigenvalue weighted by atomic mass is 10.1. The van der Waals surface area contributed by atoms with Crippen LogP contribution in [-0.2, 0) is 4.43 Å². The molecule has 0 radical (unpaired) electrons. The van der Waals surface area contributed by atoms with Crippen molar-refractivity contribution >= 4 is 37.5 Å². The molecule has 0 amide bonds. The average Bonchev–Trinajstić information content (AvgIpc) is 3.01. The van der Waals surface area contributed by atoms with Gasteiger partial charge in [-0.3, -0.25) is 0 Å². The summed E-state index contributed by atoms with van der Waals surface area (Å²) in [6.07, 6.45) is 12.7. The van der Waals surface area contributed by atoms with Crippen LogP contribution < -0.4 is 23.5 Å². The summed E-state index contributed by atoms with van der Waals surface area (Å²) < 4.78 is 32.8. The van der Waals surface area contributed by atoms with E-state index in [0.29, 0.717) is 29.6 Å². The Bertz CT molecular complexity index is 1300. The highest BCUT2D eigenvalue weighted by Crippen LogP contribution is 2.61. The SMILES string of the molecule is CCCCCCCCCCCCO[Si]1(c2ccccc2)Oc2c(OC)cc(C)c3c2Sc2c(c(OC)cc(C)c2S3)O1. The van der Waals surface area contributed by atoms with Crippen molar-refractivity contribution < 1.29 is 22.8 Å². The minimum absolute atomic E-state index is 0.562. The first kappa shape index (κ1) is 31.2. The Morgan fingerprint density at radius 3 is 1.62 bits per heavy atom. The summed E-state index contributed by atoms with van der Waals surface area (Å²) in [5, 5.41) is 0.919. The van der Waals surface area contributed by atoms with Crippen molar-refractivity contribution in [1.29, 1.82) is 0 Å². The van der Waals surface area contributed by atoms with Crippen molar-refractivity contribution in [3.63, 3.8) is 0 Å². The third kappa shape index (κ3) is 6.62. The predicted octanol–water partition coefficient (Wildman–Crippen LogP) is 9.49. The van der Waals surface area contributed by atoms with Crippen molar-refractivity contribution in [3.8, 4) is 23.0 Å². The van der Waals surface area contributed by atoms with Crippen molar-refractivity contribution in [3.05, 3.63) is 53.6 Å². The summed E-state index contributed by atoms with van der Waals surface area (Å²) in [7, 11) is -0.149. The Hall–Kier alpha value is -2.26.